The first kappa shape index (κ1) is 20.4. The van der Waals surface area contributed by atoms with E-state index in [1.807, 2.05) is 10.6 Å². The van der Waals surface area contributed by atoms with Crippen LogP contribution >= 0.6 is 11.8 Å². The first-order valence-corrected chi connectivity index (χ1v) is 10.5. The molecule has 1 aliphatic heterocycles. The third kappa shape index (κ3) is 4.31. The van der Waals surface area contributed by atoms with E-state index in [4.69, 9.17) is 9.47 Å². The Labute approximate surface area is 177 Å². The van der Waals surface area contributed by atoms with Gasteiger partial charge in [0.1, 0.15) is 17.9 Å². The number of methoxy groups -OCH3 is 1. The van der Waals surface area contributed by atoms with Gasteiger partial charge in [-0.1, -0.05) is 17.8 Å². The maximum atomic E-state index is 14.0. The smallest absolute Gasteiger partial charge is 0.232 e. The molecule has 1 saturated heterocycles. The molecule has 0 N–H and O–H groups in total. The SMILES string of the molecule is COc1ccc(C=O)cc1CSc1nnc(N2CCOCC2)n1-c1cccc(F)c1. The highest BCUT2D eigenvalue weighted by molar-refractivity contribution is 7.98. The molecule has 0 aliphatic carbocycles. The molecule has 0 radical (unpaired) electrons. The van der Waals surface area contributed by atoms with Crippen molar-refractivity contribution < 1.29 is 18.7 Å². The Bertz CT molecular complexity index is 1040. The van der Waals surface area contributed by atoms with E-state index in [1.165, 1.54) is 23.9 Å². The number of ether oxygens (including phenoxy) is 2. The second-order valence-electron chi connectivity index (χ2n) is 6.68. The standard InChI is InChI=1S/C21H21FN4O3S/c1-28-19-6-5-15(13-27)11-16(19)14-30-21-24-23-20(25-7-9-29-10-8-25)26(21)18-4-2-3-17(22)12-18/h2-6,11-13H,7-10,14H2,1H3. The van der Waals surface area contributed by atoms with Gasteiger partial charge in [-0.15, -0.1) is 10.2 Å². The number of aldehydes is 1. The molecule has 3 aromatic rings. The Balaban J connectivity index is 1.68. The third-order valence-corrected chi connectivity index (χ3v) is 5.75. The van der Waals surface area contributed by atoms with E-state index in [-0.39, 0.29) is 5.82 Å². The number of benzene rings is 2. The molecule has 1 aromatic heterocycles. The fraction of sp³-hybridized carbons (Fsp3) is 0.286. The van der Waals surface area contributed by atoms with Crippen molar-refractivity contribution in [2.45, 2.75) is 10.9 Å². The summed E-state index contributed by atoms with van der Waals surface area (Å²) in [4.78, 5) is 13.2. The normalized spacial score (nSPS) is 14.0. The second-order valence-corrected chi connectivity index (χ2v) is 7.62. The van der Waals surface area contributed by atoms with Gasteiger partial charge >= 0.3 is 0 Å². The fourth-order valence-corrected chi connectivity index (χ4v) is 4.22. The lowest BCUT2D eigenvalue weighted by atomic mass is 10.1. The number of thioether (sulfide) groups is 1. The number of anilines is 1. The van der Waals surface area contributed by atoms with Crippen LogP contribution in [0.15, 0.2) is 47.6 Å². The van der Waals surface area contributed by atoms with Gasteiger partial charge in [0.05, 0.1) is 26.0 Å². The first-order valence-electron chi connectivity index (χ1n) is 9.48. The molecule has 1 aliphatic rings. The van der Waals surface area contributed by atoms with E-state index < -0.39 is 0 Å². The van der Waals surface area contributed by atoms with Gasteiger partial charge in [0.15, 0.2) is 5.16 Å². The summed E-state index contributed by atoms with van der Waals surface area (Å²) < 4.78 is 26.7. The molecule has 156 valence electrons. The number of halogens is 1. The van der Waals surface area contributed by atoms with Crippen molar-refractivity contribution >= 4 is 24.0 Å². The van der Waals surface area contributed by atoms with E-state index in [1.54, 1.807) is 31.4 Å². The molecule has 4 rings (SSSR count). The molecular formula is C21H21FN4O3S. The summed E-state index contributed by atoms with van der Waals surface area (Å²) in [5.74, 6) is 1.53. The topological polar surface area (TPSA) is 69.5 Å². The van der Waals surface area contributed by atoms with Crippen LogP contribution in [0.25, 0.3) is 5.69 Å². The summed E-state index contributed by atoms with van der Waals surface area (Å²) >= 11 is 1.45. The predicted octanol–water partition coefficient (Wildman–Crippen LogP) is 3.36. The number of carbonyl (C=O) groups excluding carboxylic acids is 1. The Kier molecular flexibility index (Phi) is 6.29. The van der Waals surface area contributed by atoms with Crippen LogP contribution in [0, 0.1) is 5.82 Å². The van der Waals surface area contributed by atoms with Gasteiger partial charge in [0.25, 0.3) is 0 Å². The van der Waals surface area contributed by atoms with Crippen LogP contribution < -0.4 is 9.64 Å². The third-order valence-electron chi connectivity index (χ3n) is 4.77. The van der Waals surface area contributed by atoms with Gasteiger partial charge in [0.2, 0.25) is 5.95 Å². The van der Waals surface area contributed by atoms with Crippen molar-refractivity contribution in [2.24, 2.45) is 0 Å². The zero-order valence-corrected chi connectivity index (χ0v) is 17.3. The van der Waals surface area contributed by atoms with Crippen molar-refractivity contribution in [1.82, 2.24) is 14.8 Å². The van der Waals surface area contributed by atoms with Crippen molar-refractivity contribution in [3.8, 4) is 11.4 Å². The number of aromatic nitrogens is 3. The van der Waals surface area contributed by atoms with Crippen molar-refractivity contribution in [3.05, 3.63) is 59.4 Å². The Hall–Kier alpha value is -2.91. The van der Waals surface area contributed by atoms with Gasteiger partial charge in [-0.25, -0.2) is 4.39 Å². The summed E-state index contributed by atoms with van der Waals surface area (Å²) in [5, 5.41) is 9.38. The maximum Gasteiger partial charge on any atom is 0.232 e. The number of hydrogen-bond donors (Lipinski definition) is 0. The molecule has 9 heteroatoms. The fourth-order valence-electron chi connectivity index (χ4n) is 3.29. The van der Waals surface area contributed by atoms with Crippen molar-refractivity contribution in [3.63, 3.8) is 0 Å². The number of hydrogen-bond acceptors (Lipinski definition) is 7. The van der Waals surface area contributed by atoms with Crippen LogP contribution in [0.4, 0.5) is 10.3 Å². The summed E-state index contributed by atoms with van der Waals surface area (Å²) in [5.41, 5.74) is 2.10. The predicted molar refractivity (Wildman–Crippen MR) is 112 cm³/mol. The van der Waals surface area contributed by atoms with Crippen LogP contribution in [-0.4, -0.2) is 54.5 Å². The number of carbonyl (C=O) groups is 1. The van der Waals surface area contributed by atoms with Crippen LogP contribution in [0.5, 0.6) is 5.75 Å². The molecule has 2 heterocycles. The molecule has 0 saturated carbocycles. The average Bonchev–Trinajstić information content (AvgIpc) is 3.22. The van der Waals surface area contributed by atoms with Gasteiger partial charge in [-0.3, -0.25) is 9.36 Å². The molecule has 2 aromatic carbocycles. The minimum atomic E-state index is -0.328. The number of nitrogens with zero attached hydrogens (tertiary/aromatic N) is 4. The highest BCUT2D eigenvalue weighted by Crippen LogP contribution is 2.32. The van der Waals surface area contributed by atoms with Gasteiger partial charge in [-0.05, 0) is 36.4 Å². The Morgan fingerprint density at radius 1 is 1.20 bits per heavy atom. The van der Waals surface area contributed by atoms with Crippen LogP contribution in [0.1, 0.15) is 15.9 Å². The Morgan fingerprint density at radius 3 is 2.77 bits per heavy atom. The minimum absolute atomic E-state index is 0.328. The number of morpholine rings is 1. The van der Waals surface area contributed by atoms with E-state index >= 15 is 0 Å². The molecular weight excluding hydrogens is 407 g/mol. The largest absolute Gasteiger partial charge is 0.496 e. The summed E-state index contributed by atoms with van der Waals surface area (Å²) in [6.07, 6.45) is 0.805. The highest BCUT2D eigenvalue weighted by atomic mass is 32.2. The molecule has 0 bridgehead atoms. The van der Waals surface area contributed by atoms with E-state index in [2.05, 4.69) is 15.1 Å². The van der Waals surface area contributed by atoms with Crippen molar-refractivity contribution in [1.29, 1.82) is 0 Å². The summed E-state index contributed by atoms with van der Waals surface area (Å²) in [6.45, 7) is 2.59. The van der Waals surface area contributed by atoms with E-state index in [9.17, 15) is 9.18 Å². The molecule has 1 fully saturated rings. The summed E-state index contributed by atoms with van der Waals surface area (Å²) in [6, 6.07) is 11.6. The van der Waals surface area contributed by atoms with Gasteiger partial charge in [0, 0.05) is 30.0 Å². The lowest BCUT2D eigenvalue weighted by molar-refractivity contribution is 0.112. The molecule has 30 heavy (non-hydrogen) atoms. The maximum absolute atomic E-state index is 14.0. The van der Waals surface area contributed by atoms with Crippen LogP contribution in [-0.2, 0) is 10.5 Å². The van der Waals surface area contributed by atoms with Crippen molar-refractivity contribution in [2.75, 3.05) is 38.3 Å². The Morgan fingerprint density at radius 2 is 2.03 bits per heavy atom. The first-order chi connectivity index (χ1) is 14.7. The molecule has 0 amide bonds. The van der Waals surface area contributed by atoms with Crippen LogP contribution in [0.2, 0.25) is 0 Å². The van der Waals surface area contributed by atoms with E-state index in [0.29, 0.717) is 60.2 Å². The molecule has 0 spiro atoms. The van der Waals surface area contributed by atoms with Gasteiger partial charge < -0.3 is 14.4 Å². The van der Waals surface area contributed by atoms with Gasteiger partial charge in [-0.2, -0.15) is 0 Å². The zero-order valence-electron chi connectivity index (χ0n) is 16.5. The zero-order chi connectivity index (χ0) is 20.9. The number of rotatable bonds is 7. The quantitative estimate of drug-likeness (QED) is 0.422. The average molecular weight is 428 g/mol. The lowest BCUT2D eigenvalue weighted by Crippen LogP contribution is -2.37. The summed E-state index contributed by atoms with van der Waals surface area (Å²) in [7, 11) is 1.59. The second kappa shape index (κ2) is 9.27. The van der Waals surface area contributed by atoms with E-state index in [0.717, 1.165) is 11.8 Å². The highest BCUT2D eigenvalue weighted by Gasteiger charge is 2.22. The van der Waals surface area contributed by atoms with Crippen LogP contribution in [0.3, 0.4) is 0 Å². The molecule has 0 unspecified atom stereocenters. The monoisotopic (exact) mass is 428 g/mol. The minimum Gasteiger partial charge on any atom is -0.496 e. The lowest BCUT2D eigenvalue weighted by Gasteiger charge is -2.27. The molecule has 0 atom stereocenters. The molecule has 7 nitrogen and oxygen atoms in total.